The zero-order chi connectivity index (χ0) is 12.8. The fourth-order valence-electron chi connectivity index (χ4n) is 1.95. The SMILES string of the molecule is CCCNCC(C)NCc1ccc2nc[nH]c2c1. The topological polar surface area (TPSA) is 52.7 Å². The maximum absolute atomic E-state index is 4.22. The molecule has 2 rings (SSSR count). The summed E-state index contributed by atoms with van der Waals surface area (Å²) in [7, 11) is 0. The molecule has 0 aliphatic rings. The molecule has 0 bridgehead atoms. The minimum absolute atomic E-state index is 0.481. The molecule has 0 amide bonds. The Labute approximate surface area is 108 Å². The number of aromatic nitrogens is 2. The van der Waals surface area contributed by atoms with Crippen molar-refractivity contribution in [2.75, 3.05) is 13.1 Å². The predicted octanol–water partition coefficient (Wildman–Crippen LogP) is 2.04. The Morgan fingerprint density at radius 1 is 1.39 bits per heavy atom. The van der Waals surface area contributed by atoms with Gasteiger partial charge in [-0.1, -0.05) is 13.0 Å². The highest BCUT2D eigenvalue weighted by atomic mass is 15.0. The van der Waals surface area contributed by atoms with Crippen molar-refractivity contribution in [3.8, 4) is 0 Å². The van der Waals surface area contributed by atoms with E-state index in [1.54, 1.807) is 6.33 Å². The van der Waals surface area contributed by atoms with Crippen LogP contribution >= 0.6 is 0 Å². The molecule has 3 N–H and O–H groups in total. The van der Waals surface area contributed by atoms with E-state index in [1.807, 2.05) is 0 Å². The van der Waals surface area contributed by atoms with Crippen LogP contribution in [0.15, 0.2) is 24.5 Å². The normalized spacial score (nSPS) is 13.0. The number of H-pyrrole nitrogens is 1. The van der Waals surface area contributed by atoms with Crippen molar-refractivity contribution in [2.45, 2.75) is 32.9 Å². The van der Waals surface area contributed by atoms with Crippen LogP contribution in [0.1, 0.15) is 25.8 Å². The van der Waals surface area contributed by atoms with Gasteiger partial charge in [-0.3, -0.25) is 0 Å². The molecular weight excluding hydrogens is 224 g/mol. The number of rotatable bonds is 7. The average molecular weight is 246 g/mol. The van der Waals surface area contributed by atoms with E-state index in [4.69, 9.17) is 0 Å². The van der Waals surface area contributed by atoms with Gasteiger partial charge in [-0.25, -0.2) is 4.98 Å². The molecule has 0 spiro atoms. The third kappa shape index (κ3) is 3.55. The molecule has 0 saturated carbocycles. The van der Waals surface area contributed by atoms with Gasteiger partial charge in [0, 0.05) is 19.1 Å². The van der Waals surface area contributed by atoms with E-state index in [2.05, 4.69) is 52.6 Å². The quantitative estimate of drug-likeness (QED) is 0.655. The van der Waals surface area contributed by atoms with Crippen molar-refractivity contribution in [1.29, 1.82) is 0 Å². The van der Waals surface area contributed by atoms with Gasteiger partial charge in [0.15, 0.2) is 0 Å². The highest BCUT2D eigenvalue weighted by molar-refractivity contribution is 5.74. The zero-order valence-corrected chi connectivity index (χ0v) is 11.2. The van der Waals surface area contributed by atoms with Gasteiger partial charge in [0.25, 0.3) is 0 Å². The first kappa shape index (κ1) is 13.1. The summed E-state index contributed by atoms with van der Waals surface area (Å²) in [6.07, 6.45) is 2.92. The van der Waals surface area contributed by atoms with E-state index < -0.39 is 0 Å². The average Bonchev–Trinajstić information content (AvgIpc) is 2.84. The Kier molecular flexibility index (Phi) is 4.73. The summed E-state index contributed by atoms with van der Waals surface area (Å²) < 4.78 is 0. The van der Waals surface area contributed by atoms with Crippen LogP contribution < -0.4 is 10.6 Å². The van der Waals surface area contributed by atoms with Crippen LogP contribution in [0.3, 0.4) is 0 Å². The first-order valence-corrected chi connectivity index (χ1v) is 6.65. The van der Waals surface area contributed by atoms with Gasteiger partial charge in [0.1, 0.15) is 0 Å². The molecule has 0 aliphatic heterocycles. The molecule has 0 fully saturated rings. The summed E-state index contributed by atoms with van der Waals surface area (Å²) in [4.78, 5) is 7.36. The highest BCUT2D eigenvalue weighted by Crippen LogP contribution is 2.11. The molecule has 18 heavy (non-hydrogen) atoms. The lowest BCUT2D eigenvalue weighted by molar-refractivity contribution is 0.501. The number of imidazole rings is 1. The van der Waals surface area contributed by atoms with E-state index in [0.717, 1.165) is 30.7 Å². The summed E-state index contributed by atoms with van der Waals surface area (Å²) in [5, 5.41) is 6.94. The second kappa shape index (κ2) is 6.52. The van der Waals surface area contributed by atoms with Crippen molar-refractivity contribution in [3.05, 3.63) is 30.1 Å². The highest BCUT2D eigenvalue weighted by Gasteiger charge is 2.02. The molecule has 98 valence electrons. The minimum atomic E-state index is 0.481. The molecule has 1 aromatic carbocycles. The molecule has 1 atom stereocenters. The largest absolute Gasteiger partial charge is 0.345 e. The van der Waals surface area contributed by atoms with Crippen LogP contribution in [-0.2, 0) is 6.54 Å². The first-order chi connectivity index (χ1) is 8.79. The monoisotopic (exact) mass is 246 g/mol. The van der Waals surface area contributed by atoms with Gasteiger partial charge in [-0.05, 0) is 37.6 Å². The van der Waals surface area contributed by atoms with E-state index in [-0.39, 0.29) is 0 Å². The number of aromatic amines is 1. The van der Waals surface area contributed by atoms with Crippen LogP contribution in [0.5, 0.6) is 0 Å². The Morgan fingerprint density at radius 2 is 2.28 bits per heavy atom. The van der Waals surface area contributed by atoms with Gasteiger partial charge < -0.3 is 15.6 Å². The second-order valence-corrected chi connectivity index (χ2v) is 4.74. The van der Waals surface area contributed by atoms with Gasteiger partial charge in [-0.15, -0.1) is 0 Å². The molecule has 0 saturated heterocycles. The summed E-state index contributed by atoms with van der Waals surface area (Å²) >= 11 is 0. The van der Waals surface area contributed by atoms with Gasteiger partial charge >= 0.3 is 0 Å². The van der Waals surface area contributed by atoms with Crippen molar-refractivity contribution in [2.24, 2.45) is 0 Å². The fourth-order valence-corrected chi connectivity index (χ4v) is 1.95. The molecule has 4 heteroatoms. The molecule has 4 nitrogen and oxygen atoms in total. The van der Waals surface area contributed by atoms with Crippen LogP contribution in [0.4, 0.5) is 0 Å². The maximum Gasteiger partial charge on any atom is 0.0931 e. The first-order valence-electron chi connectivity index (χ1n) is 6.65. The van der Waals surface area contributed by atoms with Crippen molar-refractivity contribution >= 4 is 11.0 Å². The number of hydrogen-bond donors (Lipinski definition) is 3. The predicted molar refractivity (Wildman–Crippen MR) is 75.6 cm³/mol. The Hall–Kier alpha value is -1.39. The molecule has 0 aliphatic carbocycles. The standard InChI is InChI=1S/C14H22N4/c1-3-6-15-8-11(2)16-9-12-4-5-13-14(7-12)18-10-17-13/h4-5,7,10-11,15-16H,3,6,8-9H2,1-2H3,(H,17,18). The Morgan fingerprint density at radius 3 is 3.11 bits per heavy atom. The molecule has 1 aromatic heterocycles. The molecule has 2 aromatic rings. The van der Waals surface area contributed by atoms with E-state index in [9.17, 15) is 0 Å². The van der Waals surface area contributed by atoms with Crippen molar-refractivity contribution in [1.82, 2.24) is 20.6 Å². The zero-order valence-electron chi connectivity index (χ0n) is 11.2. The minimum Gasteiger partial charge on any atom is -0.345 e. The molecular formula is C14H22N4. The van der Waals surface area contributed by atoms with Crippen LogP contribution in [0.2, 0.25) is 0 Å². The van der Waals surface area contributed by atoms with Crippen molar-refractivity contribution < 1.29 is 0 Å². The number of hydrogen-bond acceptors (Lipinski definition) is 3. The summed E-state index contributed by atoms with van der Waals surface area (Å²) in [5.41, 5.74) is 3.41. The second-order valence-electron chi connectivity index (χ2n) is 4.74. The summed E-state index contributed by atoms with van der Waals surface area (Å²) in [6, 6.07) is 6.82. The maximum atomic E-state index is 4.22. The lowest BCUT2D eigenvalue weighted by atomic mass is 10.2. The summed E-state index contributed by atoms with van der Waals surface area (Å²) in [6.45, 7) is 7.39. The number of nitrogens with one attached hydrogen (secondary N) is 3. The summed E-state index contributed by atoms with van der Waals surface area (Å²) in [5.74, 6) is 0. The van der Waals surface area contributed by atoms with Crippen LogP contribution in [-0.4, -0.2) is 29.1 Å². The Bertz CT molecular complexity index is 477. The Balaban J connectivity index is 1.81. The number of benzene rings is 1. The lowest BCUT2D eigenvalue weighted by Crippen LogP contribution is -2.36. The van der Waals surface area contributed by atoms with Gasteiger partial charge in [0.05, 0.1) is 17.4 Å². The van der Waals surface area contributed by atoms with Crippen molar-refractivity contribution in [3.63, 3.8) is 0 Å². The molecule has 0 radical (unpaired) electrons. The lowest BCUT2D eigenvalue weighted by Gasteiger charge is -2.14. The van der Waals surface area contributed by atoms with Crippen LogP contribution in [0.25, 0.3) is 11.0 Å². The van der Waals surface area contributed by atoms with Gasteiger partial charge in [0.2, 0.25) is 0 Å². The number of fused-ring (bicyclic) bond motifs is 1. The van der Waals surface area contributed by atoms with Crippen LogP contribution in [0, 0.1) is 0 Å². The molecule has 1 heterocycles. The third-order valence-corrected chi connectivity index (χ3v) is 3.02. The van der Waals surface area contributed by atoms with E-state index in [1.165, 1.54) is 12.0 Å². The smallest absolute Gasteiger partial charge is 0.0931 e. The van der Waals surface area contributed by atoms with Gasteiger partial charge in [-0.2, -0.15) is 0 Å². The molecule has 1 unspecified atom stereocenters. The van der Waals surface area contributed by atoms with E-state index >= 15 is 0 Å². The third-order valence-electron chi connectivity index (χ3n) is 3.02. The fraction of sp³-hybridized carbons (Fsp3) is 0.500. The van der Waals surface area contributed by atoms with E-state index in [0.29, 0.717) is 6.04 Å². The number of nitrogens with zero attached hydrogens (tertiary/aromatic N) is 1.